The van der Waals surface area contributed by atoms with E-state index in [4.69, 9.17) is 9.47 Å². The fourth-order valence-corrected chi connectivity index (χ4v) is 2.01. The molecule has 3 nitrogen and oxygen atoms in total. The van der Waals surface area contributed by atoms with E-state index in [9.17, 15) is 4.79 Å². The molecule has 0 bridgehead atoms. The molecule has 0 fully saturated rings. The molecule has 1 rings (SSSR count). The van der Waals surface area contributed by atoms with Gasteiger partial charge in [0.1, 0.15) is 19.4 Å². The molecule has 0 atom stereocenters. The summed E-state index contributed by atoms with van der Waals surface area (Å²) in [6.07, 6.45) is -0.00248. The zero-order chi connectivity index (χ0) is 15.3. The molecule has 0 saturated heterocycles. The van der Waals surface area contributed by atoms with Gasteiger partial charge >= 0.3 is 5.97 Å². The van der Waals surface area contributed by atoms with Crippen LogP contribution in [0.1, 0.15) is 29.8 Å². The zero-order valence-corrected chi connectivity index (χ0v) is 14.0. The summed E-state index contributed by atoms with van der Waals surface area (Å²) in [6, 6.07) is 5.38. The van der Waals surface area contributed by atoms with Gasteiger partial charge in [-0.25, -0.2) is 4.79 Å². The fourth-order valence-electron chi connectivity index (χ4n) is 1.49. The van der Waals surface area contributed by atoms with Gasteiger partial charge in [0.05, 0.1) is 13.2 Å². The van der Waals surface area contributed by atoms with Gasteiger partial charge in [-0.1, -0.05) is 25.6 Å². The van der Waals surface area contributed by atoms with Crippen molar-refractivity contribution < 1.29 is 14.3 Å². The molecule has 0 radical (unpaired) electrons. The van der Waals surface area contributed by atoms with Crippen LogP contribution in [0.5, 0.6) is 5.75 Å². The molecule has 0 aromatic heterocycles. The average Bonchev–Trinajstić information content (AvgIpc) is 2.35. The Kier molecular flexibility index (Phi) is 5.40. The Labute approximate surface area is 122 Å². The Morgan fingerprint density at radius 1 is 1.25 bits per heavy atom. The molecule has 0 aliphatic carbocycles. The van der Waals surface area contributed by atoms with Crippen molar-refractivity contribution in [3.8, 4) is 17.2 Å². The number of carbonyl (C=O) groups is 1. The van der Waals surface area contributed by atoms with Crippen molar-refractivity contribution in [2.24, 2.45) is 0 Å². The molecule has 0 N–H and O–H groups in total. The molecule has 20 heavy (non-hydrogen) atoms. The van der Waals surface area contributed by atoms with Gasteiger partial charge in [0.15, 0.2) is 0 Å². The summed E-state index contributed by atoms with van der Waals surface area (Å²) < 4.78 is 10.4. The van der Waals surface area contributed by atoms with E-state index >= 15 is 0 Å². The van der Waals surface area contributed by atoms with Crippen LogP contribution in [0.15, 0.2) is 18.2 Å². The Balaban J connectivity index is 3.19. The number of hydrogen-bond donors (Lipinski definition) is 0. The van der Waals surface area contributed by atoms with Crippen molar-refractivity contribution in [1.82, 2.24) is 0 Å². The van der Waals surface area contributed by atoms with Crippen LogP contribution in [0.4, 0.5) is 0 Å². The maximum atomic E-state index is 11.8. The lowest BCUT2D eigenvalue weighted by Crippen LogP contribution is -2.16. The second kappa shape index (κ2) is 6.62. The predicted octanol–water partition coefficient (Wildman–Crippen LogP) is 3.49. The third-order valence-corrected chi connectivity index (χ3v) is 3.20. The van der Waals surface area contributed by atoms with E-state index in [0.29, 0.717) is 11.3 Å². The molecule has 0 spiro atoms. The maximum Gasteiger partial charge on any atom is 0.341 e. The molecule has 0 amide bonds. The summed E-state index contributed by atoms with van der Waals surface area (Å²) in [5.74, 6) is 3.26. The van der Waals surface area contributed by atoms with Gasteiger partial charge in [-0.3, -0.25) is 0 Å². The van der Waals surface area contributed by atoms with Crippen molar-refractivity contribution in [2.45, 2.75) is 39.6 Å². The molecule has 0 aliphatic rings. The summed E-state index contributed by atoms with van der Waals surface area (Å²) in [5, 5.41) is 0. The first-order valence-electron chi connectivity index (χ1n) is 6.65. The van der Waals surface area contributed by atoms with Crippen LogP contribution in [-0.4, -0.2) is 27.3 Å². The third kappa shape index (κ3) is 5.10. The van der Waals surface area contributed by atoms with Gasteiger partial charge in [-0.2, -0.15) is 0 Å². The van der Waals surface area contributed by atoms with Gasteiger partial charge in [0.2, 0.25) is 0 Å². The lowest BCUT2D eigenvalue weighted by molar-refractivity contribution is 0.0594. The van der Waals surface area contributed by atoms with Crippen molar-refractivity contribution in [2.75, 3.05) is 7.11 Å². The number of carbonyl (C=O) groups excluding carboxylic acids is 1. The summed E-state index contributed by atoms with van der Waals surface area (Å²) in [4.78, 5) is 11.8. The van der Waals surface area contributed by atoms with Crippen molar-refractivity contribution >= 4 is 14.0 Å². The Bertz CT molecular complexity index is 545. The van der Waals surface area contributed by atoms with E-state index < -0.39 is 14.0 Å². The summed E-state index contributed by atoms with van der Waals surface area (Å²) in [6.45, 7) is 10.4. The van der Waals surface area contributed by atoms with E-state index in [0.717, 1.165) is 5.56 Å². The smallest absolute Gasteiger partial charge is 0.341 e. The number of benzene rings is 1. The molecule has 0 saturated carbocycles. The van der Waals surface area contributed by atoms with Crippen molar-refractivity contribution in [3.63, 3.8) is 0 Å². The minimum absolute atomic E-state index is 0.00248. The van der Waals surface area contributed by atoms with Gasteiger partial charge in [0.25, 0.3) is 0 Å². The number of ether oxygens (including phenoxy) is 2. The number of rotatable bonds is 3. The van der Waals surface area contributed by atoms with E-state index in [2.05, 4.69) is 31.1 Å². The Morgan fingerprint density at radius 3 is 2.40 bits per heavy atom. The molecule has 0 aliphatic heterocycles. The van der Waals surface area contributed by atoms with Crippen LogP contribution < -0.4 is 4.74 Å². The molecule has 4 heteroatoms. The number of methoxy groups -OCH3 is 1. The lowest BCUT2D eigenvalue weighted by Gasteiger charge is -2.13. The largest absolute Gasteiger partial charge is 0.490 e. The monoisotopic (exact) mass is 290 g/mol. The predicted molar refractivity (Wildman–Crippen MR) is 83.8 cm³/mol. The molecular formula is C16H22O3Si. The molecule has 108 valence electrons. The highest BCUT2D eigenvalue weighted by atomic mass is 28.3. The summed E-state index contributed by atoms with van der Waals surface area (Å²) in [5.41, 5.74) is 4.51. The Morgan fingerprint density at radius 2 is 1.90 bits per heavy atom. The first kappa shape index (κ1) is 16.3. The normalized spacial score (nSPS) is 10.8. The van der Waals surface area contributed by atoms with E-state index in [-0.39, 0.29) is 6.10 Å². The maximum absolute atomic E-state index is 11.8. The second-order valence-electron chi connectivity index (χ2n) is 5.87. The molecule has 1 aromatic rings. The lowest BCUT2D eigenvalue weighted by atomic mass is 10.1. The van der Waals surface area contributed by atoms with Crippen LogP contribution in [0, 0.1) is 11.5 Å². The van der Waals surface area contributed by atoms with Crippen LogP contribution >= 0.6 is 0 Å². The minimum atomic E-state index is -1.44. The van der Waals surface area contributed by atoms with Crippen molar-refractivity contribution in [1.29, 1.82) is 0 Å². The Hall–Kier alpha value is -1.73. The molecular weight excluding hydrogens is 268 g/mol. The van der Waals surface area contributed by atoms with Crippen LogP contribution in [0.3, 0.4) is 0 Å². The van der Waals surface area contributed by atoms with Crippen LogP contribution in [0.25, 0.3) is 0 Å². The third-order valence-electron chi connectivity index (χ3n) is 2.33. The molecule has 0 heterocycles. The van der Waals surface area contributed by atoms with Crippen molar-refractivity contribution in [3.05, 3.63) is 29.3 Å². The zero-order valence-electron chi connectivity index (χ0n) is 13.0. The SMILES string of the molecule is COC(=O)c1cc(C#C[Si](C)(C)C)ccc1OC(C)C. The molecule has 1 aromatic carbocycles. The van der Waals surface area contributed by atoms with Gasteiger partial charge in [-0.15, -0.1) is 5.54 Å². The van der Waals surface area contributed by atoms with E-state index in [1.54, 1.807) is 12.1 Å². The number of esters is 1. The second-order valence-corrected chi connectivity index (χ2v) is 10.6. The van der Waals surface area contributed by atoms with Crippen LogP contribution in [0.2, 0.25) is 19.6 Å². The summed E-state index contributed by atoms with van der Waals surface area (Å²) in [7, 11) is -0.0782. The highest BCUT2D eigenvalue weighted by molar-refractivity contribution is 6.83. The quantitative estimate of drug-likeness (QED) is 0.485. The van der Waals surface area contributed by atoms with Gasteiger partial charge in [0, 0.05) is 5.56 Å². The van der Waals surface area contributed by atoms with Crippen LogP contribution in [-0.2, 0) is 4.74 Å². The fraction of sp³-hybridized carbons (Fsp3) is 0.438. The minimum Gasteiger partial charge on any atom is -0.490 e. The first-order valence-corrected chi connectivity index (χ1v) is 10.1. The van der Waals surface area contributed by atoms with E-state index in [1.807, 2.05) is 19.9 Å². The standard InChI is InChI=1S/C16H22O3Si/c1-12(2)19-15-8-7-13(9-10-20(4,5)6)11-14(15)16(17)18-3/h7-8,11-12H,1-6H3. The first-order chi connectivity index (χ1) is 9.23. The van der Waals surface area contributed by atoms with E-state index in [1.165, 1.54) is 7.11 Å². The van der Waals surface area contributed by atoms with Gasteiger partial charge in [-0.05, 0) is 32.0 Å². The average molecular weight is 290 g/mol. The number of hydrogen-bond acceptors (Lipinski definition) is 3. The highest BCUT2D eigenvalue weighted by Crippen LogP contribution is 2.22. The highest BCUT2D eigenvalue weighted by Gasteiger charge is 2.15. The molecule has 0 unspecified atom stereocenters. The topological polar surface area (TPSA) is 35.5 Å². The van der Waals surface area contributed by atoms with Gasteiger partial charge < -0.3 is 9.47 Å². The summed E-state index contributed by atoms with van der Waals surface area (Å²) >= 11 is 0.